The van der Waals surface area contributed by atoms with Crippen LogP contribution in [0.2, 0.25) is 0 Å². The highest BCUT2D eigenvalue weighted by Crippen LogP contribution is 2.36. The van der Waals surface area contributed by atoms with Crippen molar-refractivity contribution in [1.82, 2.24) is 4.98 Å². The highest BCUT2D eigenvalue weighted by Gasteiger charge is 2.35. The van der Waals surface area contributed by atoms with Crippen molar-refractivity contribution in [1.29, 1.82) is 0 Å². The predicted molar refractivity (Wildman–Crippen MR) is 58.4 cm³/mol. The van der Waals surface area contributed by atoms with E-state index < -0.39 is 30.4 Å². The van der Waals surface area contributed by atoms with Gasteiger partial charge in [0.05, 0.1) is 13.5 Å². The van der Waals surface area contributed by atoms with Gasteiger partial charge in [0.15, 0.2) is 5.75 Å². The first kappa shape index (κ1) is 15.4. The molecule has 0 aliphatic rings. The van der Waals surface area contributed by atoms with Crippen molar-refractivity contribution in [3.05, 3.63) is 17.3 Å². The number of pyridine rings is 1. The second-order valence-corrected chi connectivity index (χ2v) is 3.62. The van der Waals surface area contributed by atoms with Crippen LogP contribution in [0.25, 0.3) is 0 Å². The molecule has 0 aliphatic carbocycles. The van der Waals surface area contributed by atoms with Crippen LogP contribution >= 0.6 is 11.6 Å². The molecule has 19 heavy (non-hydrogen) atoms. The van der Waals surface area contributed by atoms with Gasteiger partial charge in [-0.3, -0.25) is 4.79 Å². The summed E-state index contributed by atoms with van der Waals surface area (Å²) in [7, 11) is 1.09. The molecule has 0 saturated carbocycles. The quantitative estimate of drug-likeness (QED) is 0.845. The van der Waals surface area contributed by atoms with Gasteiger partial charge in [0, 0.05) is 17.6 Å². The van der Waals surface area contributed by atoms with Gasteiger partial charge in [-0.2, -0.15) is 0 Å². The highest BCUT2D eigenvalue weighted by atomic mass is 35.5. The molecule has 1 aromatic heterocycles. The summed E-state index contributed by atoms with van der Waals surface area (Å²) >= 11 is 5.54. The SMILES string of the molecule is COc1ncc(CCl)c(CC(=O)O)c1OC(F)(F)F. The zero-order valence-corrected chi connectivity index (χ0v) is 10.4. The normalized spacial score (nSPS) is 11.2. The van der Waals surface area contributed by atoms with E-state index in [1.54, 1.807) is 0 Å². The van der Waals surface area contributed by atoms with Crippen LogP contribution in [0.4, 0.5) is 13.2 Å². The summed E-state index contributed by atoms with van der Waals surface area (Å²) in [6, 6.07) is 0. The summed E-state index contributed by atoms with van der Waals surface area (Å²) < 4.78 is 45.4. The van der Waals surface area contributed by atoms with Gasteiger partial charge in [-0.05, 0) is 5.56 Å². The molecular formula is C10H9ClF3NO4. The fourth-order valence-electron chi connectivity index (χ4n) is 1.37. The van der Waals surface area contributed by atoms with Crippen LogP contribution in [0, 0.1) is 0 Å². The van der Waals surface area contributed by atoms with E-state index in [-0.39, 0.29) is 17.0 Å². The number of alkyl halides is 4. The summed E-state index contributed by atoms with van der Waals surface area (Å²) in [6.45, 7) is 0. The molecule has 0 amide bonds. The second-order valence-electron chi connectivity index (χ2n) is 3.35. The van der Waals surface area contributed by atoms with Gasteiger partial charge in [-0.15, -0.1) is 24.8 Å². The number of hydrogen-bond donors (Lipinski definition) is 1. The van der Waals surface area contributed by atoms with Gasteiger partial charge in [0.1, 0.15) is 0 Å². The van der Waals surface area contributed by atoms with Crippen LogP contribution in [0.1, 0.15) is 11.1 Å². The lowest BCUT2D eigenvalue weighted by atomic mass is 10.1. The van der Waals surface area contributed by atoms with Crippen molar-refractivity contribution >= 4 is 17.6 Å². The van der Waals surface area contributed by atoms with Crippen molar-refractivity contribution in [2.75, 3.05) is 7.11 Å². The van der Waals surface area contributed by atoms with Crippen LogP contribution in [0.15, 0.2) is 6.20 Å². The van der Waals surface area contributed by atoms with E-state index in [2.05, 4.69) is 14.5 Å². The van der Waals surface area contributed by atoms with E-state index in [1.165, 1.54) is 0 Å². The summed E-state index contributed by atoms with van der Waals surface area (Å²) in [5, 5.41) is 8.73. The molecule has 0 unspecified atom stereocenters. The molecule has 5 nitrogen and oxygen atoms in total. The van der Waals surface area contributed by atoms with Crippen molar-refractivity contribution in [3.8, 4) is 11.6 Å². The Morgan fingerprint density at radius 3 is 2.58 bits per heavy atom. The summed E-state index contributed by atoms with van der Waals surface area (Å²) in [5.74, 6) is -2.77. The molecule has 0 spiro atoms. The van der Waals surface area contributed by atoms with Gasteiger partial charge in [0.25, 0.3) is 5.88 Å². The Morgan fingerprint density at radius 2 is 2.16 bits per heavy atom. The smallest absolute Gasteiger partial charge is 0.481 e. The predicted octanol–water partition coefficient (Wildman–Crippen LogP) is 2.35. The number of carbonyl (C=O) groups is 1. The molecule has 1 aromatic rings. The first-order valence-electron chi connectivity index (χ1n) is 4.86. The van der Waals surface area contributed by atoms with Crippen molar-refractivity contribution < 1.29 is 32.5 Å². The van der Waals surface area contributed by atoms with Crippen molar-refractivity contribution in [2.45, 2.75) is 18.7 Å². The van der Waals surface area contributed by atoms with Gasteiger partial charge in [0.2, 0.25) is 0 Å². The second kappa shape index (κ2) is 5.96. The van der Waals surface area contributed by atoms with E-state index in [9.17, 15) is 18.0 Å². The van der Waals surface area contributed by atoms with E-state index in [1.807, 2.05) is 0 Å². The number of aliphatic carboxylic acids is 1. The Kier molecular flexibility index (Phi) is 4.82. The fraction of sp³-hybridized carbons (Fsp3) is 0.400. The minimum Gasteiger partial charge on any atom is -0.481 e. The maximum atomic E-state index is 12.3. The molecule has 1 N–H and O–H groups in total. The molecule has 0 atom stereocenters. The molecule has 9 heteroatoms. The Hall–Kier alpha value is -1.70. The van der Waals surface area contributed by atoms with Gasteiger partial charge >= 0.3 is 12.3 Å². The van der Waals surface area contributed by atoms with Crippen LogP contribution in [0.5, 0.6) is 11.6 Å². The van der Waals surface area contributed by atoms with Crippen molar-refractivity contribution in [2.24, 2.45) is 0 Å². The number of nitrogens with zero attached hydrogens (tertiary/aromatic N) is 1. The zero-order valence-electron chi connectivity index (χ0n) is 9.62. The van der Waals surface area contributed by atoms with E-state index in [0.29, 0.717) is 0 Å². The third-order valence-corrected chi connectivity index (χ3v) is 2.36. The number of ether oxygens (including phenoxy) is 2. The first-order chi connectivity index (χ1) is 8.78. The number of aromatic nitrogens is 1. The standard InChI is InChI=1S/C10H9ClF3NO4/c1-18-9-8(19-10(12,13)14)6(2-7(16)17)5(3-11)4-15-9/h4H,2-3H2,1H3,(H,16,17). The van der Waals surface area contributed by atoms with Gasteiger partial charge in [-0.1, -0.05) is 0 Å². The molecule has 0 aliphatic heterocycles. The molecule has 0 fully saturated rings. The Bertz CT molecular complexity index is 479. The molecule has 1 rings (SSSR count). The maximum absolute atomic E-state index is 12.3. The maximum Gasteiger partial charge on any atom is 0.573 e. The monoisotopic (exact) mass is 299 g/mol. The Morgan fingerprint density at radius 1 is 1.53 bits per heavy atom. The highest BCUT2D eigenvalue weighted by molar-refractivity contribution is 6.17. The molecule has 0 radical (unpaired) electrons. The molecule has 1 heterocycles. The Labute approximate surface area is 110 Å². The number of rotatable bonds is 5. The third-order valence-electron chi connectivity index (χ3n) is 2.08. The lowest BCUT2D eigenvalue weighted by Crippen LogP contribution is -2.20. The van der Waals surface area contributed by atoms with E-state index >= 15 is 0 Å². The summed E-state index contributed by atoms with van der Waals surface area (Å²) in [4.78, 5) is 14.3. The van der Waals surface area contributed by atoms with Gasteiger partial charge in [-0.25, -0.2) is 4.98 Å². The summed E-state index contributed by atoms with van der Waals surface area (Å²) in [5.41, 5.74) is -0.0872. The average Bonchev–Trinajstić information content (AvgIpc) is 2.28. The average molecular weight is 300 g/mol. The number of carboxylic acid groups (broad SMARTS) is 1. The number of hydrogen-bond acceptors (Lipinski definition) is 4. The third kappa shape index (κ3) is 4.16. The minimum absolute atomic E-state index is 0.129. The summed E-state index contributed by atoms with van der Waals surface area (Å²) in [6.07, 6.45) is -4.53. The number of halogens is 4. The zero-order chi connectivity index (χ0) is 14.6. The lowest BCUT2D eigenvalue weighted by molar-refractivity contribution is -0.275. The number of carboxylic acids is 1. The molecule has 0 aromatic carbocycles. The molecule has 106 valence electrons. The fourth-order valence-corrected chi connectivity index (χ4v) is 1.60. The lowest BCUT2D eigenvalue weighted by Gasteiger charge is -2.16. The molecular weight excluding hydrogens is 291 g/mol. The Balaban J connectivity index is 3.38. The molecule has 0 bridgehead atoms. The van der Waals surface area contributed by atoms with Crippen molar-refractivity contribution in [3.63, 3.8) is 0 Å². The van der Waals surface area contributed by atoms with E-state index in [0.717, 1.165) is 13.3 Å². The number of methoxy groups -OCH3 is 1. The van der Waals surface area contributed by atoms with Gasteiger partial charge < -0.3 is 14.6 Å². The topological polar surface area (TPSA) is 68.7 Å². The minimum atomic E-state index is -4.99. The van der Waals surface area contributed by atoms with Crippen LogP contribution in [-0.2, 0) is 17.1 Å². The largest absolute Gasteiger partial charge is 0.573 e. The van der Waals surface area contributed by atoms with E-state index in [4.69, 9.17) is 16.7 Å². The van der Waals surface area contributed by atoms with Crippen LogP contribution in [0.3, 0.4) is 0 Å². The van der Waals surface area contributed by atoms with Crippen LogP contribution in [-0.4, -0.2) is 29.5 Å². The molecule has 0 saturated heterocycles. The first-order valence-corrected chi connectivity index (χ1v) is 5.40. The van der Waals surface area contributed by atoms with Crippen LogP contribution < -0.4 is 9.47 Å².